The van der Waals surface area contributed by atoms with Crippen LogP contribution in [0.1, 0.15) is 10.4 Å². The third-order valence-electron chi connectivity index (χ3n) is 1.38. The Morgan fingerprint density at radius 3 is 3.00 bits per heavy atom. The molecule has 0 fully saturated rings. The molecule has 1 aromatic heterocycles. The van der Waals surface area contributed by atoms with Crippen molar-refractivity contribution in [2.75, 3.05) is 7.05 Å². The molecule has 2 N–H and O–H groups in total. The van der Waals surface area contributed by atoms with Crippen molar-refractivity contribution in [3.05, 3.63) is 28.5 Å². The first-order valence-corrected chi connectivity index (χ1v) is 3.69. The topological polar surface area (TPSA) is 54.3 Å². The lowest BCUT2D eigenvalue weighted by atomic mass is 10.3. The lowest BCUT2D eigenvalue weighted by Gasteiger charge is -2.01. The number of pyridine rings is 1. The molecule has 12 heavy (non-hydrogen) atoms. The first kappa shape index (κ1) is 8.73. The van der Waals surface area contributed by atoms with Gasteiger partial charge in [0.15, 0.2) is 0 Å². The van der Waals surface area contributed by atoms with Crippen molar-refractivity contribution in [1.29, 1.82) is 0 Å². The van der Waals surface area contributed by atoms with Crippen LogP contribution in [0.2, 0.25) is 0 Å². The van der Waals surface area contributed by atoms with E-state index in [2.05, 4.69) is 5.32 Å². The van der Waals surface area contributed by atoms with E-state index in [9.17, 15) is 4.79 Å². The fourth-order valence-electron chi connectivity index (χ4n) is 0.778. The normalized spacial score (nSPS) is 9.42. The second-order valence-electron chi connectivity index (χ2n) is 2.18. The van der Waals surface area contributed by atoms with Crippen LogP contribution in [0.15, 0.2) is 18.5 Å². The summed E-state index contributed by atoms with van der Waals surface area (Å²) in [5.74, 6) is -0.302. The van der Waals surface area contributed by atoms with Gasteiger partial charge in [0.05, 0.1) is 16.3 Å². The summed E-state index contributed by atoms with van der Waals surface area (Å²) in [6.07, 6.45) is 2.63. The lowest BCUT2D eigenvalue weighted by Crippen LogP contribution is -2.19. The summed E-state index contributed by atoms with van der Waals surface area (Å²) in [7, 11) is 1.51. The van der Waals surface area contributed by atoms with Gasteiger partial charge in [-0.05, 0) is 6.07 Å². The van der Waals surface area contributed by atoms with Gasteiger partial charge in [0.25, 0.3) is 5.91 Å². The Morgan fingerprint density at radius 1 is 1.75 bits per heavy atom. The number of hydrogen-bond acceptors (Lipinski definition) is 3. The van der Waals surface area contributed by atoms with Gasteiger partial charge in [0.2, 0.25) is 0 Å². The van der Waals surface area contributed by atoms with Gasteiger partial charge in [-0.2, -0.15) is 0 Å². The Morgan fingerprint density at radius 2 is 2.42 bits per heavy atom. The Balaban J connectivity index is 3.23. The number of nitrogens with zero attached hydrogens (tertiary/aromatic N) is 1. The fraction of sp³-hybridized carbons (Fsp3) is 0.143. The summed E-state index contributed by atoms with van der Waals surface area (Å²) in [6.45, 7) is 0. The molecular formula is C7H8N2O2S. The molecule has 4 nitrogen and oxygen atoms in total. The van der Waals surface area contributed by atoms with Gasteiger partial charge in [-0.3, -0.25) is 4.79 Å². The van der Waals surface area contributed by atoms with Gasteiger partial charge in [-0.25, -0.2) is 4.73 Å². The highest BCUT2D eigenvalue weighted by molar-refractivity contribution is 7.71. The maximum atomic E-state index is 11.1. The Hall–Kier alpha value is -1.36. The van der Waals surface area contributed by atoms with Crippen molar-refractivity contribution in [3.8, 4) is 0 Å². The zero-order chi connectivity index (χ0) is 9.14. The number of aromatic nitrogens is 1. The maximum absolute atomic E-state index is 11.1. The number of nitrogens with one attached hydrogen (secondary N) is 1. The zero-order valence-corrected chi connectivity index (χ0v) is 7.26. The van der Waals surface area contributed by atoms with Gasteiger partial charge < -0.3 is 10.5 Å². The van der Waals surface area contributed by atoms with Gasteiger partial charge in [0.1, 0.15) is 0 Å². The Labute approximate surface area is 74.4 Å². The van der Waals surface area contributed by atoms with Crippen LogP contribution in [-0.4, -0.2) is 22.9 Å². The summed E-state index contributed by atoms with van der Waals surface area (Å²) in [4.78, 5) is 11.1. The predicted octanol–water partition coefficient (Wildman–Crippen LogP) is 0.814. The van der Waals surface area contributed by atoms with Gasteiger partial charge >= 0.3 is 0 Å². The lowest BCUT2D eigenvalue weighted by molar-refractivity contribution is 0.0957. The summed E-state index contributed by atoms with van der Waals surface area (Å²) in [6, 6.07) is 1.49. The molecule has 0 aliphatic rings. The number of hydrogen-bond donors (Lipinski definition) is 2. The second kappa shape index (κ2) is 3.36. The minimum atomic E-state index is -0.302. The second-order valence-corrected chi connectivity index (χ2v) is 2.62. The predicted molar refractivity (Wildman–Crippen MR) is 45.8 cm³/mol. The fourth-order valence-corrected chi connectivity index (χ4v) is 0.984. The van der Waals surface area contributed by atoms with Crippen molar-refractivity contribution in [2.24, 2.45) is 0 Å². The van der Waals surface area contributed by atoms with Crippen LogP contribution in [0.5, 0.6) is 0 Å². The number of rotatable bonds is 1. The molecule has 0 aliphatic carbocycles. The van der Waals surface area contributed by atoms with Crippen molar-refractivity contribution in [2.45, 2.75) is 0 Å². The molecule has 0 saturated heterocycles. The van der Waals surface area contributed by atoms with Crippen LogP contribution >= 0.6 is 12.2 Å². The van der Waals surface area contributed by atoms with E-state index in [4.69, 9.17) is 17.4 Å². The first-order valence-electron chi connectivity index (χ1n) is 3.29. The van der Waals surface area contributed by atoms with Crippen LogP contribution in [0.25, 0.3) is 0 Å². The molecule has 0 radical (unpaired) electrons. The molecule has 0 spiro atoms. The summed E-state index contributed by atoms with van der Waals surface area (Å²) in [5, 5.41) is 11.4. The summed E-state index contributed by atoms with van der Waals surface area (Å²) < 4.78 is 1.21. The van der Waals surface area contributed by atoms with E-state index in [1.165, 1.54) is 25.5 Å². The molecule has 1 amide bonds. The average Bonchev–Trinajstić information content (AvgIpc) is 2.08. The molecule has 0 aliphatic heterocycles. The number of carbonyl (C=O) groups is 1. The van der Waals surface area contributed by atoms with Crippen LogP contribution < -0.4 is 5.32 Å². The van der Waals surface area contributed by atoms with Crippen LogP contribution in [0, 0.1) is 4.51 Å². The smallest absolute Gasteiger partial charge is 0.254 e. The minimum absolute atomic E-state index is 0.289. The van der Waals surface area contributed by atoms with E-state index in [0.717, 1.165) is 4.73 Å². The van der Waals surface area contributed by atoms with Crippen molar-refractivity contribution < 1.29 is 10.0 Å². The van der Waals surface area contributed by atoms with E-state index >= 15 is 0 Å². The first-order chi connectivity index (χ1) is 5.65. The maximum Gasteiger partial charge on any atom is 0.254 e. The standard InChI is InChI=1S/C7H8N2O2S/c1-8-7(10)5-4-9(11)3-2-6(5)12/h2-4,11H,1H3,(H,8,10). The van der Waals surface area contributed by atoms with E-state index in [1.54, 1.807) is 0 Å². The molecular weight excluding hydrogens is 176 g/mol. The highest BCUT2D eigenvalue weighted by Crippen LogP contribution is 2.00. The van der Waals surface area contributed by atoms with E-state index in [0.29, 0.717) is 4.51 Å². The van der Waals surface area contributed by atoms with Crippen molar-refractivity contribution in [1.82, 2.24) is 10.0 Å². The Bertz CT molecular complexity index is 359. The van der Waals surface area contributed by atoms with Crippen molar-refractivity contribution in [3.63, 3.8) is 0 Å². The number of carbonyl (C=O) groups excluding carboxylic acids is 1. The third-order valence-corrected chi connectivity index (χ3v) is 1.73. The van der Waals surface area contributed by atoms with Crippen LogP contribution in [0.3, 0.4) is 0 Å². The number of amides is 1. The molecule has 0 aromatic carbocycles. The quantitative estimate of drug-likeness (QED) is 0.501. The molecule has 64 valence electrons. The molecule has 1 aromatic rings. The SMILES string of the molecule is CNC(=O)c1cn(O)ccc1=S. The molecule has 1 rings (SSSR count). The Kier molecular flexibility index (Phi) is 2.44. The molecule has 0 saturated carbocycles. The van der Waals surface area contributed by atoms with Crippen LogP contribution in [-0.2, 0) is 0 Å². The molecule has 0 atom stereocenters. The van der Waals surface area contributed by atoms with E-state index in [-0.39, 0.29) is 11.5 Å². The zero-order valence-electron chi connectivity index (χ0n) is 6.44. The van der Waals surface area contributed by atoms with Crippen LogP contribution in [0.4, 0.5) is 0 Å². The molecule has 0 bridgehead atoms. The highest BCUT2D eigenvalue weighted by Gasteiger charge is 2.04. The van der Waals surface area contributed by atoms with Gasteiger partial charge in [-0.1, -0.05) is 12.2 Å². The van der Waals surface area contributed by atoms with E-state index in [1.807, 2.05) is 0 Å². The van der Waals surface area contributed by atoms with Gasteiger partial charge in [-0.15, -0.1) is 0 Å². The summed E-state index contributed by atoms with van der Waals surface area (Å²) >= 11 is 4.87. The third kappa shape index (κ3) is 1.62. The molecule has 5 heteroatoms. The van der Waals surface area contributed by atoms with Gasteiger partial charge in [0, 0.05) is 13.2 Å². The highest BCUT2D eigenvalue weighted by atomic mass is 32.1. The van der Waals surface area contributed by atoms with E-state index < -0.39 is 0 Å². The minimum Gasteiger partial charge on any atom is -0.429 e. The summed E-state index contributed by atoms with van der Waals surface area (Å²) in [5.41, 5.74) is 0.289. The molecule has 1 heterocycles. The molecule has 0 unspecified atom stereocenters. The average molecular weight is 184 g/mol. The monoisotopic (exact) mass is 184 g/mol. The van der Waals surface area contributed by atoms with Crippen molar-refractivity contribution >= 4 is 18.1 Å². The largest absolute Gasteiger partial charge is 0.429 e.